The van der Waals surface area contributed by atoms with E-state index in [1.165, 1.54) is 19.2 Å². The number of carbonyl (C=O) groups excluding carboxylic acids is 2. The molecular formula is C26H25F2N3O4. The van der Waals surface area contributed by atoms with Gasteiger partial charge in [-0.2, -0.15) is 8.78 Å². The molecule has 0 bridgehead atoms. The first-order valence-electron chi connectivity index (χ1n) is 11.3. The van der Waals surface area contributed by atoms with Crippen LogP contribution in [0.1, 0.15) is 60.4 Å². The minimum atomic E-state index is -3.05. The summed E-state index contributed by atoms with van der Waals surface area (Å²) in [6.45, 7) is -1.11. The zero-order valence-electron chi connectivity index (χ0n) is 19.7. The van der Waals surface area contributed by atoms with Crippen LogP contribution in [0.15, 0.2) is 36.4 Å². The van der Waals surface area contributed by atoms with Crippen molar-refractivity contribution in [2.45, 2.75) is 45.3 Å². The van der Waals surface area contributed by atoms with Crippen molar-refractivity contribution in [1.29, 1.82) is 0 Å². The standard InChI is InChI=1S/C26H25F2N3O4/c1-4-19-24-29-18-14-13-16(9-6-5-7-12-22(32)34-3)15-20(18)31(24)23-17(25(33)30(19)2)10-8-11-21(23)35-26(27)28/h8,10-11,13-15,19,26H,4-5,7,12H2,1-3H3. The second-order valence-electron chi connectivity index (χ2n) is 8.11. The predicted molar refractivity (Wildman–Crippen MR) is 126 cm³/mol. The Balaban J connectivity index is 1.85. The summed E-state index contributed by atoms with van der Waals surface area (Å²) >= 11 is 0. The average Bonchev–Trinajstić information content (AvgIpc) is 3.17. The van der Waals surface area contributed by atoms with E-state index in [1.54, 1.807) is 22.6 Å². The summed E-state index contributed by atoms with van der Waals surface area (Å²) in [6, 6.07) is 9.66. The molecule has 0 fully saturated rings. The molecule has 1 aliphatic heterocycles. The molecule has 9 heteroatoms. The number of rotatable bonds is 6. The van der Waals surface area contributed by atoms with E-state index >= 15 is 0 Å². The monoisotopic (exact) mass is 481 g/mol. The van der Waals surface area contributed by atoms with Crippen molar-refractivity contribution in [1.82, 2.24) is 14.5 Å². The van der Waals surface area contributed by atoms with Crippen LogP contribution in [0, 0.1) is 11.8 Å². The molecular weight excluding hydrogens is 456 g/mol. The van der Waals surface area contributed by atoms with Crippen LogP contribution in [0.25, 0.3) is 16.7 Å². The number of esters is 1. The summed E-state index contributed by atoms with van der Waals surface area (Å²) in [7, 11) is 3.03. The third kappa shape index (κ3) is 4.69. The first-order chi connectivity index (χ1) is 16.8. The lowest BCUT2D eigenvalue weighted by Gasteiger charge is -2.24. The maximum absolute atomic E-state index is 13.3. The van der Waals surface area contributed by atoms with Crippen LogP contribution >= 0.6 is 0 Å². The van der Waals surface area contributed by atoms with Crippen LogP contribution in [0.4, 0.5) is 8.78 Å². The van der Waals surface area contributed by atoms with E-state index in [2.05, 4.69) is 16.6 Å². The highest BCUT2D eigenvalue weighted by Crippen LogP contribution is 2.40. The van der Waals surface area contributed by atoms with Gasteiger partial charge in [0.05, 0.1) is 29.7 Å². The number of alkyl halides is 2. The van der Waals surface area contributed by atoms with E-state index in [1.807, 2.05) is 25.1 Å². The van der Waals surface area contributed by atoms with Crippen molar-refractivity contribution in [2.24, 2.45) is 0 Å². The molecule has 2 aromatic carbocycles. The van der Waals surface area contributed by atoms with E-state index in [-0.39, 0.29) is 34.9 Å². The van der Waals surface area contributed by atoms with Gasteiger partial charge in [0.2, 0.25) is 0 Å². The largest absolute Gasteiger partial charge is 0.469 e. The number of nitrogens with zero attached hydrogens (tertiary/aromatic N) is 3. The molecule has 0 radical (unpaired) electrons. The number of ether oxygens (including phenoxy) is 2. The molecule has 3 aromatic rings. The van der Waals surface area contributed by atoms with Crippen LogP contribution < -0.4 is 4.74 Å². The number of unbranched alkanes of at least 4 members (excludes halogenated alkanes) is 1. The number of methoxy groups -OCH3 is 1. The van der Waals surface area contributed by atoms with Crippen LogP contribution in [-0.4, -0.2) is 47.1 Å². The number of benzene rings is 2. The van der Waals surface area contributed by atoms with Gasteiger partial charge in [-0.1, -0.05) is 24.8 Å². The van der Waals surface area contributed by atoms with Crippen LogP contribution in [0.2, 0.25) is 0 Å². The van der Waals surface area contributed by atoms with Gasteiger partial charge >= 0.3 is 12.6 Å². The number of hydrogen-bond donors (Lipinski definition) is 0. The maximum Gasteiger partial charge on any atom is 0.387 e. The number of aromatic nitrogens is 2. The maximum atomic E-state index is 13.3. The van der Waals surface area contributed by atoms with Gasteiger partial charge in [-0.15, -0.1) is 0 Å². The van der Waals surface area contributed by atoms with Crippen molar-refractivity contribution in [3.63, 3.8) is 0 Å². The number of amides is 1. The predicted octanol–water partition coefficient (Wildman–Crippen LogP) is 4.86. The Labute approximate surface area is 201 Å². The van der Waals surface area contributed by atoms with Gasteiger partial charge < -0.3 is 14.4 Å². The lowest BCUT2D eigenvalue weighted by atomic mass is 10.1. The summed E-state index contributed by atoms with van der Waals surface area (Å²) in [4.78, 5) is 30.9. The molecule has 0 aliphatic carbocycles. The molecule has 0 saturated heterocycles. The molecule has 0 spiro atoms. The van der Waals surface area contributed by atoms with Gasteiger partial charge in [-0.05, 0) is 43.2 Å². The van der Waals surface area contributed by atoms with E-state index in [4.69, 9.17) is 9.72 Å². The van der Waals surface area contributed by atoms with Gasteiger partial charge in [0.15, 0.2) is 5.75 Å². The molecule has 0 saturated carbocycles. The Morgan fingerprint density at radius 3 is 2.77 bits per heavy atom. The van der Waals surface area contributed by atoms with Gasteiger partial charge in [0.1, 0.15) is 11.5 Å². The fourth-order valence-corrected chi connectivity index (χ4v) is 4.30. The highest BCUT2D eigenvalue weighted by atomic mass is 19.3. The summed E-state index contributed by atoms with van der Waals surface area (Å²) in [5.74, 6) is 6.01. The normalized spacial score (nSPS) is 14.7. The van der Waals surface area contributed by atoms with Gasteiger partial charge in [-0.25, -0.2) is 4.98 Å². The minimum absolute atomic E-state index is 0.101. The molecule has 35 heavy (non-hydrogen) atoms. The summed E-state index contributed by atoms with van der Waals surface area (Å²) in [5.41, 5.74) is 2.47. The molecule has 2 heterocycles. The molecule has 1 atom stereocenters. The van der Waals surface area contributed by atoms with E-state index in [0.29, 0.717) is 48.1 Å². The van der Waals surface area contributed by atoms with Gasteiger partial charge in [0, 0.05) is 25.5 Å². The van der Waals surface area contributed by atoms with Crippen LogP contribution in [0.5, 0.6) is 5.75 Å². The lowest BCUT2D eigenvalue weighted by Crippen LogP contribution is -2.30. The molecule has 1 aliphatic rings. The number of fused-ring (bicyclic) bond motifs is 5. The number of hydrogen-bond acceptors (Lipinski definition) is 5. The zero-order chi connectivity index (χ0) is 25.1. The minimum Gasteiger partial charge on any atom is -0.469 e. The molecule has 182 valence electrons. The second-order valence-corrected chi connectivity index (χ2v) is 8.11. The highest BCUT2D eigenvalue weighted by molar-refractivity contribution is 6.00. The summed E-state index contributed by atoms with van der Waals surface area (Å²) < 4.78 is 37.7. The SMILES string of the molecule is CCC1c2nc3ccc(C#CCCCC(=O)OC)cc3n2-c2c(OC(F)F)cccc2C(=O)N1C. The quantitative estimate of drug-likeness (QED) is 0.286. The molecule has 1 amide bonds. The molecule has 0 N–H and O–H groups in total. The zero-order valence-corrected chi connectivity index (χ0v) is 19.7. The Morgan fingerprint density at radius 1 is 1.26 bits per heavy atom. The molecule has 1 unspecified atom stereocenters. The topological polar surface area (TPSA) is 73.7 Å². The number of carbonyl (C=O) groups is 2. The van der Waals surface area contributed by atoms with Gasteiger partial charge in [0.25, 0.3) is 5.91 Å². The Bertz CT molecular complexity index is 1340. The average molecular weight is 481 g/mol. The Morgan fingerprint density at radius 2 is 2.06 bits per heavy atom. The molecule has 7 nitrogen and oxygen atoms in total. The van der Waals surface area contributed by atoms with Crippen molar-refractivity contribution in [3.8, 4) is 23.3 Å². The fourth-order valence-electron chi connectivity index (χ4n) is 4.30. The van der Waals surface area contributed by atoms with Crippen molar-refractivity contribution < 1.29 is 27.8 Å². The van der Waals surface area contributed by atoms with Crippen LogP contribution in [-0.2, 0) is 9.53 Å². The van der Waals surface area contributed by atoms with E-state index in [9.17, 15) is 18.4 Å². The molecule has 4 rings (SSSR count). The second kappa shape index (κ2) is 10.1. The smallest absolute Gasteiger partial charge is 0.387 e. The number of imidazole rings is 1. The van der Waals surface area contributed by atoms with Crippen molar-refractivity contribution in [3.05, 3.63) is 53.3 Å². The van der Waals surface area contributed by atoms with Crippen molar-refractivity contribution in [2.75, 3.05) is 14.2 Å². The van der Waals surface area contributed by atoms with E-state index < -0.39 is 6.61 Å². The fraction of sp³-hybridized carbons (Fsp3) is 0.346. The first kappa shape index (κ1) is 24.2. The first-order valence-corrected chi connectivity index (χ1v) is 11.3. The Hall–Kier alpha value is -3.93. The number of halogens is 2. The summed E-state index contributed by atoms with van der Waals surface area (Å²) in [5, 5.41) is 0. The lowest BCUT2D eigenvalue weighted by molar-refractivity contribution is -0.140. The van der Waals surface area contributed by atoms with Crippen molar-refractivity contribution >= 4 is 22.9 Å². The highest BCUT2D eigenvalue weighted by Gasteiger charge is 2.35. The van der Waals surface area contributed by atoms with Gasteiger partial charge in [-0.3, -0.25) is 14.2 Å². The third-order valence-corrected chi connectivity index (χ3v) is 5.97. The van der Waals surface area contributed by atoms with Crippen LogP contribution in [0.3, 0.4) is 0 Å². The summed E-state index contributed by atoms with van der Waals surface area (Å²) in [6.07, 6.45) is 1.98. The molecule has 1 aromatic heterocycles. The third-order valence-electron chi connectivity index (χ3n) is 5.97. The van der Waals surface area contributed by atoms with E-state index in [0.717, 1.165) is 0 Å². The number of para-hydroxylation sites is 1. The Kier molecular flexibility index (Phi) is 7.01.